The molecular formula is C17H8BrFN2O3S. The van der Waals surface area contributed by atoms with E-state index < -0.39 is 22.5 Å². The number of thiazole rings is 1. The van der Waals surface area contributed by atoms with E-state index in [1.165, 1.54) is 18.2 Å². The molecule has 0 atom stereocenters. The first-order chi connectivity index (χ1) is 12.0. The molecule has 25 heavy (non-hydrogen) atoms. The van der Waals surface area contributed by atoms with E-state index >= 15 is 0 Å². The molecule has 2 aromatic carbocycles. The van der Waals surface area contributed by atoms with Crippen LogP contribution in [0.15, 0.2) is 56.7 Å². The molecule has 0 fully saturated rings. The summed E-state index contributed by atoms with van der Waals surface area (Å²) in [5.74, 6) is -1.68. The van der Waals surface area contributed by atoms with Gasteiger partial charge in [0.05, 0.1) is 16.6 Å². The van der Waals surface area contributed by atoms with Crippen LogP contribution in [0.25, 0.3) is 11.3 Å². The van der Waals surface area contributed by atoms with Crippen LogP contribution in [-0.4, -0.2) is 15.6 Å². The first-order valence-electron chi connectivity index (χ1n) is 7.10. The SMILES string of the molecule is O=C1N=c2ccc(Br)cc2=C1c1sc(=O)n(-c2ccccc2F)c1O. The monoisotopic (exact) mass is 418 g/mol. The van der Waals surface area contributed by atoms with Crippen LogP contribution in [0.5, 0.6) is 5.88 Å². The van der Waals surface area contributed by atoms with Gasteiger partial charge in [-0.15, -0.1) is 0 Å². The lowest BCUT2D eigenvalue weighted by Crippen LogP contribution is -2.22. The van der Waals surface area contributed by atoms with E-state index in [4.69, 9.17) is 0 Å². The summed E-state index contributed by atoms with van der Waals surface area (Å²) in [7, 11) is 0. The van der Waals surface area contributed by atoms with Crippen LogP contribution in [0.2, 0.25) is 0 Å². The second kappa shape index (κ2) is 5.75. The molecule has 0 saturated carbocycles. The summed E-state index contributed by atoms with van der Waals surface area (Å²) < 4.78 is 15.6. The predicted molar refractivity (Wildman–Crippen MR) is 94.0 cm³/mol. The van der Waals surface area contributed by atoms with Crippen LogP contribution in [0.1, 0.15) is 4.88 Å². The molecule has 0 saturated heterocycles. The Morgan fingerprint density at radius 2 is 1.92 bits per heavy atom. The van der Waals surface area contributed by atoms with E-state index in [0.717, 1.165) is 9.04 Å². The lowest BCUT2D eigenvalue weighted by atomic mass is 10.1. The lowest BCUT2D eigenvalue weighted by molar-refractivity contribution is -0.112. The maximum Gasteiger partial charge on any atom is 0.315 e. The van der Waals surface area contributed by atoms with Crippen molar-refractivity contribution in [3.05, 3.63) is 77.9 Å². The summed E-state index contributed by atoms with van der Waals surface area (Å²) in [5, 5.41) is 11.5. The van der Waals surface area contributed by atoms with E-state index in [1.807, 2.05) is 0 Å². The fraction of sp³-hybridized carbons (Fsp3) is 0. The topological polar surface area (TPSA) is 71.7 Å². The lowest BCUT2D eigenvalue weighted by Gasteiger charge is -2.05. The molecule has 1 aliphatic heterocycles. The van der Waals surface area contributed by atoms with E-state index in [2.05, 4.69) is 20.9 Å². The van der Waals surface area contributed by atoms with Crippen LogP contribution in [0.4, 0.5) is 4.39 Å². The van der Waals surface area contributed by atoms with Gasteiger partial charge in [0.15, 0.2) is 0 Å². The number of carbonyl (C=O) groups excluding carboxylic acids is 1. The molecule has 3 aromatic rings. The minimum Gasteiger partial charge on any atom is -0.493 e. The van der Waals surface area contributed by atoms with Crippen molar-refractivity contribution in [3.63, 3.8) is 0 Å². The standard InChI is InChI=1S/C17H8BrFN2O3S/c18-8-5-6-11-9(7-8)13(15(22)20-11)14-16(23)21(17(24)25-14)12-4-2-1-3-10(12)19/h1-7,23H. The smallest absolute Gasteiger partial charge is 0.315 e. The van der Waals surface area contributed by atoms with Gasteiger partial charge in [0.2, 0.25) is 5.88 Å². The van der Waals surface area contributed by atoms with Crippen LogP contribution in [0, 0.1) is 5.82 Å². The zero-order chi connectivity index (χ0) is 17.7. The highest BCUT2D eigenvalue weighted by Gasteiger charge is 2.27. The van der Waals surface area contributed by atoms with Crippen molar-refractivity contribution in [2.75, 3.05) is 0 Å². The number of rotatable bonds is 2. The Balaban J connectivity index is 2.04. The van der Waals surface area contributed by atoms with Crippen molar-refractivity contribution >= 4 is 38.7 Å². The molecule has 0 spiro atoms. The molecule has 1 aliphatic rings. The normalized spacial score (nSPS) is 13.0. The molecule has 1 N–H and O–H groups in total. The van der Waals surface area contributed by atoms with Gasteiger partial charge < -0.3 is 5.11 Å². The zero-order valence-corrected chi connectivity index (χ0v) is 14.8. The number of hydrogen-bond donors (Lipinski definition) is 1. The molecular weight excluding hydrogens is 411 g/mol. The van der Waals surface area contributed by atoms with E-state index in [9.17, 15) is 19.1 Å². The van der Waals surface area contributed by atoms with Gasteiger partial charge in [-0.2, -0.15) is 0 Å². The highest BCUT2D eigenvalue weighted by Crippen LogP contribution is 2.31. The zero-order valence-electron chi connectivity index (χ0n) is 12.4. The minimum atomic E-state index is -0.653. The number of para-hydroxylation sites is 1. The first kappa shape index (κ1) is 15.9. The fourth-order valence-corrected chi connectivity index (χ4v) is 3.97. The Morgan fingerprint density at radius 3 is 2.68 bits per heavy atom. The Bertz CT molecular complexity index is 1230. The van der Waals surface area contributed by atoms with Gasteiger partial charge in [0, 0.05) is 9.69 Å². The molecule has 5 nitrogen and oxygen atoms in total. The van der Waals surface area contributed by atoms with Gasteiger partial charge in [0.1, 0.15) is 10.7 Å². The fourth-order valence-electron chi connectivity index (χ4n) is 2.68. The summed E-state index contributed by atoms with van der Waals surface area (Å²) in [4.78, 5) is 28.1. The molecule has 1 amide bonds. The highest BCUT2D eigenvalue weighted by atomic mass is 79.9. The molecule has 0 radical (unpaired) electrons. The van der Waals surface area contributed by atoms with Crippen LogP contribution >= 0.6 is 27.3 Å². The summed E-state index contributed by atoms with van der Waals surface area (Å²) in [6, 6.07) is 10.7. The van der Waals surface area contributed by atoms with Crippen LogP contribution in [0.3, 0.4) is 0 Å². The van der Waals surface area contributed by atoms with Crippen molar-refractivity contribution in [3.8, 4) is 11.6 Å². The van der Waals surface area contributed by atoms with Crippen LogP contribution in [-0.2, 0) is 4.79 Å². The largest absolute Gasteiger partial charge is 0.493 e. The van der Waals surface area contributed by atoms with Gasteiger partial charge in [-0.25, -0.2) is 13.9 Å². The molecule has 4 rings (SSSR count). The molecule has 0 bridgehead atoms. The molecule has 0 aliphatic carbocycles. The van der Waals surface area contributed by atoms with Gasteiger partial charge in [0.25, 0.3) is 5.91 Å². The van der Waals surface area contributed by atoms with Gasteiger partial charge in [-0.1, -0.05) is 39.4 Å². The van der Waals surface area contributed by atoms with E-state index in [-0.39, 0.29) is 16.1 Å². The van der Waals surface area contributed by atoms with E-state index in [1.54, 1.807) is 24.3 Å². The molecule has 0 unspecified atom stereocenters. The number of carbonyl (C=O) groups is 1. The number of fused-ring (bicyclic) bond motifs is 1. The highest BCUT2D eigenvalue weighted by molar-refractivity contribution is 9.10. The minimum absolute atomic E-state index is 0.0684. The van der Waals surface area contributed by atoms with Crippen molar-refractivity contribution in [2.24, 2.45) is 4.99 Å². The second-order valence-corrected chi connectivity index (χ2v) is 7.14. The Hall–Kier alpha value is -2.58. The summed E-state index contributed by atoms with van der Waals surface area (Å²) in [6.45, 7) is 0. The molecule has 8 heteroatoms. The van der Waals surface area contributed by atoms with E-state index in [0.29, 0.717) is 21.9 Å². The number of aromatic nitrogens is 1. The summed E-state index contributed by atoms with van der Waals surface area (Å²) >= 11 is 4.00. The third-order valence-electron chi connectivity index (χ3n) is 3.77. The maximum absolute atomic E-state index is 14.0. The Morgan fingerprint density at radius 1 is 1.16 bits per heavy atom. The Labute approximate surface area is 152 Å². The quantitative estimate of drug-likeness (QED) is 0.690. The summed E-state index contributed by atoms with van der Waals surface area (Å²) in [6.07, 6.45) is 0. The van der Waals surface area contributed by atoms with Gasteiger partial charge >= 0.3 is 4.87 Å². The molecule has 124 valence electrons. The van der Waals surface area contributed by atoms with Crippen molar-refractivity contribution in [1.29, 1.82) is 0 Å². The molecule has 1 aromatic heterocycles. The number of nitrogens with zero attached hydrogens (tertiary/aromatic N) is 2. The Kier molecular flexibility index (Phi) is 3.66. The van der Waals surface area contributed by atoms with Gasteiger partial charge in [-0.3, -0.25) is 9.59 Å². The number of amides is 1. The van der Waals surface area contributed by atoms with Crippen molar-refractivity contribution in [2.45, 2.75) is 0 Å². The first-order valence-corrected chi connectivity index (χ1v) is 8.71. The molecule has 2 heterocycles. The van der Waals surface area contributed by atoms with Gasteiger partial charge in [-0.05, 0) is 30.3 Å². The number of halogens is 2. The average molecular weight is 419 g/mol. The van der Waals surface area contributed by atoms with Crippen molar-refractivity contribution < 1.29 is 14.3 Å². The number of hydrogen-bond acceptors (Lipinski definition) is 4. The third-order valence-corrected chi connectivity index (χ3v) is 5.21. The average Bonchev–Trinajstić information content (AvgIpc) is 3.03. The van der Waals surface area contributed by atoms with Crippen molar-refractivity contribution in [1.82, 2.24) is 4.57 Å². The number of benzene rings is 2. The number of aromatic hydroxyl groups is 1. The summed E-state index contributed by atoms with van der Waals surface area (Å²) in [5.41, 5.74) is 0.0518. The maximum atomic E-state index is 14.0. The predicted octanol–water partition coefficient (Wildman–Crippen LogP) is 1.86. The third kappa shape index (κ3) is 2.45. The second-order valence-electron chi connectivity index (χ2n) is 5.26. The van der Waals surface area contributed by atoms with Crippen LogP contribution < -0.4 is 15.4 Å².